The fraction of sp³-hybridized carbons (Fsp3) is 0.432. The van der Waals surface area contributed by atoms with Crippen LogP contribution in [0, 0.1) is 18.2 Å². The van der Waals surface area contributed by atoms with E-state index in [1.807, 2.05) is 65.2 Å². The lowest BCUT2D eigenvalue weighted by Crippen LogP contribution is -2.39. The first-order chi connectivity index (χ1) is 21.7. The first-order valence-corrected chi connectivity index (χ1v) is 15.9. The highest BCUT2D eigenvalue weighted by molar-refractivity contribution is 5.94. The highest BCUT2D eigenvalue weighted by Crippen LogP contribution is 2.47. The van der Waals surface area contributed by atoms with Crippen molar-refractivity contribution < 1.29 is 23.8 Å². The molecule has 9 heteroatoms. The second-order valence-electron chi connectivity index (χ2n) is 13.9. The zero-order valence-electron chi connectivity index (χ0n) is 27.9. The number of carbonyl (C=O) groups is 1. The number of carboxylic acid groups (broad SMARTS) is 1. The molecule has 0 radical (unpaired) electrons. The van der Waals surface area contributed by atoms with E-state index in [0.29, 0.717) is 30.0 Å². The normalized spacial score (nSPS) is 15.5. The molecule has 0 saturated carbocycles. The van der Waals surface area contributed by atoms with E-state index in [0.717, 1.165) is 59.6 Å². The number of aliphatic carboxylic acids is 1. The topological polar surface area (TPSA) is 89.7 Å². The number of hydrogen-bond acceptors (Lipinski definition) is 6. The molecule has 0 unspecified atom stereocenters. The smallest absolute Gasteiger partial charge is 0.337 e. The fourth-order valence-corrected chi connectivity index (χ4v) is 5.95. The monoisotopic (exact) mass is 628 g/mol. The summed E-state index contributed by atoms with van der Waals surface area (Å²) < 4.78 is 27.4. The summed E-state index contributed by atoms with van der Waals surface area (Å²) in [7, 11) is 1.87. The number of nitrogens with zero attached hydrogens (tertiary/aromatic N) is 4. The summed E-state index contributed by atoms with van der Waals surface area (Å²) in [4.78, 5) is 20.3. The number of pyridine rings is 1. The molecule has 1 saturated heterocycles. The van der Waals surface area contributed by atoms with Gasteiger partial charge in [-0.05, 0) is 81.3 Å². The average Bonchev–Trinajstić information content (AvgIpc) is 3.42. The number of rotatable bonds is 10. The number of carboxylic acids is 1. The van der Waals surface area contributed by atoms with Gasteiger partial charge in [-0.2, -0.15) is 5.10 Å². The first-order valence-electron chi connectivity index (χ1n) is 15.9. The number of halogens is 1. The maximum Gasteiger partial charge on any atom is 0.337 e. The van der Waals surface area contributed by atoms with E-state index in [1.165, 1.54) is 12.1 Å². The molecule has 46 heavy (non-hydrogen) atoms. The first kappa shape index (κ1) is 33.1. The minimum absolute atomic E-state index is 0.187. The molecule has 0 spiro atoms. The lowest BCUT2D eigenvalue weighted by Gasteiger charge is -2.41. The van der Waals surface area contributed by atoms with Crippen molar-refractivity contribution in [2.75, 3.05) is 24.6 Å². The van der Waals surface area contributed by atoms with Crippen LogP contribution in [-0.4, -0.2) is 51.1 Å². The Morgan fingerprint density at radius 1 is 1.04 bits per heavy atom. The quantitative estimate of drug-likeness (QED) is 0.192. The summed E-state index contributed by atoms with van der Waals surface area (Å²) >= 11 is 0. The molecule has 244 valence electrons. The molecular formula is C37H45FN4O4. The van der Waals surface area contributed by atoms with Gasteiger partial charge in [0, 0.05) is 55.1 Å². The van der Waals surface area contributed by atoms with E-state index in [1.54, 1.807) is 23.0 Å². The lowest BCUT2D eigenvalue weighted by atomic mass is 9.81. The second-order valence-corrected chi connectivity index (χ2v) is 13.9. The minimum atomic E-state index is -1.21. The number of aryl methyl sites for hydroxylation is 2. The molecule has 0 bridgehead atoms. The Kier molecular flexibility index (Phi) is 9.54. The highest BCUT2D eigenvalue weighted by Gasteiger charge is 2.37. The van der Waals surface area contributed by atoms with Crippen molar-refractivity contribution in [3.8, 4) is 28.1 Å². The number of aromatic nitrogens is 3. The van der Waals surface area contributed by atoms with Crippen LogP contribution in [0.15, 0.2) is 60.9 Å². The van der Waals surface area contributed by atoms with E-state index in [9.17, 15) is 14.3 Å². The van der Waals surface area contributed by atoms with Crippen LogP contribution in [0.25, 0.3) is 22.4 Å². The number of anilines is 1. The van der Waals surface area contributed by atoms with E-state index < -0.39 is 17.7 Å². The Hall–Kier alpha value is -4.24. The third kappa shape index (κ3) is 7.76. The van der Waals surface area contributed by atoms with Crippen LogP contribution in [0.3, 0.4) is 0 Å². The Labute approximate surface area is 271 Å². The maximum absolute atomic E-state index is 13.3. The van der Waals surface area contributed by atoms with Gasteiger partial charge in [0.15, 0.2) is 6.10 Å². The van der Waals surface area contributed by atoms with Gasteiger partial charge in [0.1, 0.15) is 11.6 Å². The molecule has 1 fully saturated rings. The van der Waals surface area contributed by atoms with Crippen molar-refractivity contribution in [1.82, 2.24) is 14.8 Å². The zero-order valence-corrected chi connectivity index (χ0v) is 27.9. The van der Waals surface area contributed by atoms with Gasteiger partial charge in [0.2, 0.25) is 0 Å². The maximum atomic E-state index is 13.3. The molecule has 3 heterocycles. The Morgan fingerprint density at radius 3 is 2.26 bits per heavy atom. The van der Waals surface area contributed by atoms with Crippen LogP contribution in [0.1, 0.15) is 70.4 Å². The van der Waals surface area contributed by atoms with Gasteiger partial charge in [-0.1, -0.05) is 38.1 Å². The zero-order chi connectivity index (χ0) is 33.2. The largest absolute Gasteiger partial charge is 0.493 e. The molecule has 0 amide bonds. The molecule has 2 aromatic heterocycles. The molecule has 0 aliphatic carbocycles. The minimum Gasteiger partial charge on any atom is -0.493 e. The molecule has 1 aliphatic rings. The third-order valence-corrected chi connectivity index (χ3v) is 8.48. The summed E-state index contributed by atoms with van der Waals surface area (Å²) in [5.41, 5.74) is 5.81. The molecule has 1 aliphatic heterocycles. The van der Waals surface area contributed by atoms with Gasteiger partial charge in [-0.3, -0.25) is 9.67 Å². The van der Waals surface area contributed by atoms with Crippen LogP contribution >= 0.6 is 0 Å². The SMILES string of the molecule is Cc1nc(-c2cnn(C)c2)c(-c2ccc(OCCc3ccc(F)cc3)cc2)c(N2CCC(C)(C)CC2)c1[C@H](OC(C)(C)C)C(=O)O. The predicted octanol–water partition coefficient (Wildman–Crippen LogP) is 7.79. The van der Waals surface area contributed by atoms with E-state index in [-0.39, 0.29) is 11.2 Å². The van der Waals surface area contributed by atoms with Gasteiger partial charge in [0.25, 0.3) is 0 Å². The highest BCUT2D eigenvalue weighted by atomic mass is 19.1. The van der Waals surface area contributed by atoms with Gasteiger partial charge >= 0.3 is 5.97 Å². The van der Waals surface area contributed by atoms with Gasteiger partial charge in [-0.15, -0.1) is 0 Å². The van der Waals surface area contributed by atoms with Crippen LogP contribution in [0.2, 0.25) is 0 Å². The summed E-state index contributed by atoms with van der Waals surface area (Å²) in [5, 5.41) is 15.0. The van der Waals surface area contributed by atoms with Crippen molar-refractivity contribution in [3.63, 3.8) is 0 Å². The van der Waals surface area contributed by atoms with Crippen molar-refractivity contribution in [2.45, 2.75) is 72.5 Å². The van der Waals surface area contributed by atoms with Crippen molar-refractivity contribution in [2.24, 2.45) is 12.5 Å². The molecule has 2 aromatic carbocycles. The molecule has 4 aromatic rings. The molecule has 1 atom stereocenters. The van der Waals surface area contributed by atoms with E-state index in [2.05, 4.69) is 23.8 Å². The summed E-state index contributed by atoms with van der Waals surface area (Å²) in [5.74, 6) is -0.606. The van der Waals surface area contributed by atoms with E-state index >= 15 is 0 Å². The van der Waals surface area contributed by atoms with Crippen LogP contribution in [0.4, 0.5) is 10.1 Å². The number of piperidine rings is 1. The number of benzene rings is 2. The summed E-state index contributed by atoms with van der Waals surface area (Å²) in [6.07, 6.45) is 5.09. The van der Waals surface area contributed by atoms with Crippen molar-refractivity contribution in [3.05, 3.63) is 83.6 Å². The Morgan fingerprint density at radius 2 is 1.70 bits per heavy atom. The van der Waals surface area contributed by atoms with Crippen molar-refractivity contribution in [1.29, 1.82) is 0 Å². The molecule has 8 nitrogen and oxygen atoms in total. The predicted molar refractivity (Wildman–Crippen MR) is 179 cm³/mol. The lowest BCUT2D eigenvalue weighted by molar-refractivity contribution is -0.160. The second kappa shape index (κ2) is 13.2. The van der Waals surface area contributed by atoms with Crippen LogP contribution in [-0.2, 0) is 23.0 Å². The summed E-state index contributed by atoms with van der Waals surface area (Å²) in [6.45, 7) is 14.0. The van der Waals surface area contributed by atoms with Crippen molar-refractivity contribution >= 4 is 11.7 Å². The number of hydrogen-bond donors (Lipinski definition) is 1. The van der Waals surface area contributed by atoms with Crippen LogP contribution in [0.5, 0.6) is 5.75 Å². The van der Waals surface area contributed by atoms with Gasteiger partial charge in [-0.25, -0.2) is 9.18 Å². The summed E-state index contributed by atoms with van der Waals surface area (Å²) in [6, 6.07) is 14.3. The Bertz CT molecular complexity index is 1660. The third-order valence-electron chi connectivity index (χ3n) is 8.48. The molecule has 1 N–H and O–H groups in total. The average molecular weight is 629 g/mol. The van der Waals surface area contributed by atoms with Gasteiger partial charge in [0.05, 0.1) is 29.8 Å². The standard InChI is InChI=1S/C37H45FN4O4/c1-24-30(34(35(43)44)46-36(2,3)4)33(42-19-17-37(5,6)18-20-42)31(32(40-24)27-22-39-41(7)23-27)26-10-14-29(15-11-26)45-21-16-25-8-12-28(38)13-9-25/h8-15,22-23,34H,16-21H2,1-7H3,(H,43,44)/t34-/m0/s1. The number of ether oxygens (including phenoxy) is 2. The van der Waals surface area contributed by atoms with E-state index in [4.69, 9.17) is 14.5 Å². The van der Waals surface area contributed by atoms with Gasteiger partial charge < -0.3 is 19.5 Å². The Balaban J connectivity index is 1.63. The molecule has 5 rings (SSSR count). The fourth-order valence-electron chi connectivity index (χ4n) is 5.95. The molecular weight excluding hydrogens is 583 g/mol. The van der Waals surface area contributed by atoms with Crippen LogP contribution < -0.4 is 9.64 Å².